The van der Waals surface area contributed by atoms with Gasteiger partial charge in [0.25, 0.3) is 0 Å². The van der Waals surface area contributed by atoms with E-state index in [4.69, 9.17) is 9.15 Å². The molecule has 2 heterocycles. The molecular formula is C59H44N2O3. The van der Waals surface area contributed by atoms with E-state index in [9.17, 15) is 5.11 Å². The third-order valence-corrected chi connectivity index (χ3v) is 13.1. The first kappa shape index (κ1) is 37.7. The van der Waals surface area contributed by atoms with E-state index in [1.165, 1.54) is 16.7 Å². The Morgan fingerprint density at radius 2 is 1.30 bits per heavy atom. The number of hydrogen-bond acceptors (Lipinski definition) is 5. The van der Waals surface area contributed by atoms with Crippen LogP contribution < -0.4 is 25.6 Å². The van der Waals surface area contributed by atoms with Crippen LogP contribution in [-0.2, 0) is 0 Å². The number of fused-ring (bicyclic) bond motifs is 7. The van der Waals surface area contributed by atoms with Crippen molar-refractivity contribution in [3.8, 4) is 44.9 Å². The average Bonchev–Trinajstić information content (AvgIpc) is 3.91. The summed E-state index contributed by atoms with van der Waals surface area (Å²) >= 11 is 0. The summed E-state index contributed by atoms with van der Waals surface area (Å²) in [5.41, 5.74) is 15.1. The number of aromatic hydroxyl groups is 1. The van der Waals surface area contributed by atoms with Crippen LogP contribution in [0.1, 0.15) is 17.0 Å². The second kappa shape index (κ2) is 15.4. The maximum absolute atomic E-state index is 11.7. The molecule has 7 aromatic carbocycles. The third kappa shape index (κ3) is 6.39. The van der Waals surface area contributed by atoms with Crippen molar-refractivity contribution < 1.29 is 14.3 Å². The van der Waals surface area contributed by atoms with Gasteiger partial charge in [0, 0.05) is 67.8 Å². The first-order chi connectivity index (χ1) is 31.6. The second-order valence-corrected chi connectivity index (χ2v) is 17.0. The molecule has 8 aromatic rings. The Morgan fingerprint density at radius 3 is 2.11 bits per heavy atom. The monoisotopic (exact) mass is 828 g/mol. The van der Waals surface area contributed by atoms with Crippen LogP contribution in [0.25, 0.3) is 56.0 Å². The molecule has 0 bridgehead atoms. The summed E-state index contributed by atoms with van der Waals surface area (Å²) in [6.07, 6.45) is 17.5. The van der Waals surface area contributed by atoms with Gasteiger partial charge in [-0.15, -0.1) is 0 Å². The Labute approximate surface area is 372 Å². The molecule has 0 spiro atoms. The summed E-state index contributed by atoms with van der Waals surface area (Å²) in [7, 11) is 0. The first-order valence-corrected chi connectivity index (χ1v) is 22.0. The minimum atomic E-state index is -0.169. The van der Waals surface area contributed by atoms with Crippen LogP contribution in [0.3, 0.4) is 0 Å². The second-order valence-electron chi connectivity index (χ2n) is 17.0. The van der Waals surface area contributed by atoms with Crippen LogP contribution in [0.2, 0.25) is 0 Å². The van der Waals surface area contributed by atoms with Gasteiger partial charge in [-0.05, 0) is 83.3 Å². The highest BCUT2D eigenvalue weighted by atomic mass is 16.5. The Kier molecular flexibility index (Phi) is 9.08. The van der Waals surface area contributed by atoms with E-state index >= 15 is 0 Å². The van der Waals surface area contributed by atoms with Gasteiger partial charge in [-0.1, -0.05) is 158 Å². The van der Waals surface area contributed by atoms with Crippen molar-refractivity contribution in [2.24, 2.45) is 5.92 Å². The lowest BCUT2D eigenvalue weighted by Crippen LogP contribution is -2.44. The maximum atomic E-state index is 11.7. The lowest BCUT2D eigenvalue weighted by atomic mass is 9.82. The van der Waals surface area contributed by atoms with Gasteiger partial charge in [-0.25, -0.2) is 0 Å². The lowest BCUT2D eigenvalue weighted by Gasteiger charge is -2.38. The molecular weight excluding hydrogens is 785 g/mol. The predicted octanol–water partition coefficient (Wildman–Crippen LogP) is 12.8. The molecule has 0 fully saturated rings. The molecule has 3 aliphatic carbocycles. The van der Waals surface area contributed by atoms with Gasteiger partial charge in [0.05, 0.1) is 11.7 Å². The summed E-state index contributed by atoms with van der Waals surface area (Å²) in [4.78, 5) is 2.42. The number of nitrogens with zero attached hydrogens (tertiary/aromatic N) is 1. The van der Waals surface area contributed by atoms with E-state index in [1.807, 2.05) is 54.6 Å². The summed E-state index contributed by atoms with van der Waals surface area (Å²) in [6.45, 7) is 2.14. The van der Waals surface area contributed by atoms with Gasteiger partial charge in [0.15, 0.2) is 0 Å². The van der Waals surface area contributed by atoms with Gasteiger partial charge < -0.3 is 24.5 Å². The molecule has 5 heteroatoms. The minimum Gasteiger partial charge on any atom is -0.507 e. The number of allylic oxidation sites excluding steroid dienone is 5. The fourth-order valence-electron chi connectivity index (χ4n) is 10.2. The Hall–Kier alpha value is -8.02. The van der Waals surface area contributed by atoms with Gasteiger partial charge >= 0.3 is 0 Å². The number of rotatable bonds is 8. The minimum absolute atomic E-state index is 0.0353. The molecule has 5 nitrogen and oxygen atoms in total. The molecule has 2 N–H and O–H groups in total. The first-order valence-electron chi connectivity index (χ1n) is 22.0. The van der Waals surface area contributed by atoms with Gasteiger partial charge in [0.2, 0.25) is 0 Å². The number of phenolic OH excluding ortho intramolecular Hbond substituents is 1. The Bertz CT molecular complexity index is 3390. The number of nitrogens with one attached hydrogen (secondary N) is 1. The van der Waals surface area contributed by atoms with Crippen molar-refractivity contribution in [2.45, 2.75) is 25.0 Å². The molecule has 308 valence electrons. The predicted molar refractivity (Wildman–Crippen MR) is 261 cm³/mol. The molecule has 4 atom stereocenters. The van der Waals surface area contributed by atoms with E-state index < -0.39 is 0 Å². The summed E-state index contributed by atoms with van der Waals surface area (Å²) in [6, 6.07) is 56.6. The molecule has 4 unspecified atom stereocenters. The normalized spacial score (nSPS) is 18.9. The van der Waals surface area contributed by atoms with Gasteiger partial charge in [-0.3, -0.25) is 0 Å². The number of para-hydroxylation sites is 2. The molecule has 1 aliphatic heterocycles. The molecule has 64 heavy (non-hydrogen) atoms. The number of anilines is 3. The standard InChI is InChI=1S/C59H44N2O3/c1-37-15-10-21-42(33-37)61(43-22-11-20-40(34-43)45-26-12-25-44(57(45)62)38-16-4-2-5-17-38)53-36-55-56(48-24-9-8-23-47(48)53)51-32-31-41(35-54(51)63-55)60-52-30-14-29-50-49-28-13-27-46(58(49)64-59(50)52)39-18-6-3-7-19-39/h2-36,47,50,53,59-60,62H,1H3. The van der Waals surface area contributed by atoms with Crippen molar-refractivity contribution >= 4 is 39.7 Å². The molecule has 1 aromatic heterocycles. The number of ether oxygens (including phenoxy) is 1. The van der Waals surface area contributed by atoms with Crippen molar-refractivity contribution in [1.29, 1.82) is 0 Å². The van der Waals surface area contributed by atoms with E-state index in [-0.39, 0.29) is 29.7 Å². The Balaban J connectivity index is 0.919. The molecule has 0 saturated carbocycles. The van der Waals surface area contributed by atoms with Gasteiger partial charge in [0.1, 0.15) is 28.6 Å². The third-order valence-electron chi connectivity index (χ3n) is 13.1. The van der Waals surface area contributed by atoms with Crippen LogP contribution in [-0.4, -0.2) is 17.3 Å². The SMILES string of the molecule is Cc1cccc(N(c2cccc(-c3cccc(-c4ccccc4)c3O)c2)C2C=c3oc4cc(NC5=CC=CC6c7cccc(-c8ccccc8)c7OC56)ccc4c3=C3C=CC=CC32)c1. The number of aryl methyl sites for hydroxylation is 1. The topological polar surface area (TPSA) is 57.9 Å². The quantitative estimate of drug-likeness (QED) is 0.160. The van der Waals surface area contributed by atoms with E-state index in [1.54, 1.807) is 0 Å². The fourth-order valence-corrected chi connectivity index (χ4v) is 10.2. The molecule has 12 rings (SSSR count). The Morgan fingerprint density at radius 1 is 0.609 bits per heavy atom. The number of furan rings is 1. The van der Waals surface area contributed by atoms with Crippen LogP contribution in [0, 0.1) is 12.8 Å². The number of hydrogen-bond donors (Lipinski definition) is 2. The van der Waals surface area contributed by atoms with Crippen molar-refractivity contribution in [3.63, 3.8) is 0 Å². The van der Waals surface area contributed by atoms with E-state index in [0.717, 1.165) is 83.5 Å². The highest BCUT2D eigenvalue weighted by Crippen LogP contribution is 2.48. The lowest BCUT2D eigenvalue weighted by molar-refractivity contribution is 0.258. The van der Waals surface area contributed by atoms with Crippen LogP contribution in [0.5, 0.6) is 11.5 Å². The summed E-state index contributed by atoms with van der Waals surface area (Å²) in [5.74, 6) is 1.36. The maximum Gasteiger partial charge on any atom is 0.149 e. The molecule has 0 radical (unpaired) electrons. The van der Waals surface area contributed by atoms with Crippen LogP contribution >= 0.6 is 0 Å². The zero-order chi connectivity index (χ0) is 42.7. The highest BCUT2D eigenvalue weighted by Gasteiger charge is 2.38. The fraction of sp³-hybridized carbons (Fsp3) is 0.0847. The summed E-state index contributed by atoms with van der Waals surface area (Å²) in [5, 5.41) is 17.7. The van der Waals surface area contributed by atoms with E-state index in [0.29, 0.717) is 0 Å². The van der Waals surface area contributed by atoms with Gasteiger partial charge in [-0.2, -0.15) is 0 Å². The number of benzene rings is 7. The van der Waals surface area contributed by atoms with E-state index in [2.05, 4.69) is 175 Å². The highest BCUT2D eigenvalue weighted by molar-refractivity contribution is 5.89. The van der Waals surface area contributed by atoms with Crippen LogP contribution in [0.4, 0.5) is 17.1 Å². The number of phenols is 1. The summed E-state index contributed by atoms with van der Waals surface area (Å²) < 4.78 is 13.7. The zero-order valence-corrected chi connectivity index (χ0v) is 35.2. The van der Waals surface area contributed by atoms with Crippen molar-refractivity contribution in [2.75, 3.05) is 10.2 Å². The molecule has 4 aliphatic rings. The van der Waals surface area contributed by atoms with Crippen molar-refractivity contribution in [3.05, 3.63) is 234 Å². The smallest absolute Gasteiger partial charge is 0.149 e. The largest absolute Gasteiger partial charge is 0.507 e. The molecule has 0 amide bonds. The zero-order valence-electron chi connectivity index (χ0n) is 35.2. The van der Waals surface area contributed by atoms with Crippen LogP contribution in [0.15, 0.2) is 216 Å². The average molecular weight is 829 g/mol. The van der Waals surface area contributed by atoms with Crippen molar-refractivity contribution in [1.82, 2.24) is 0 Å². The molecule has 0 saturated heterocycles.